The first kappa shape index (κ1) is 17.3. The molecule has 0 radical (unpaired) electrons. The van der Waals surface area contributed by atoms with Crippen LogP contribution in [0.4, 0.5) is 5.69 Å². The summed E-state index contributed by atoms with van der Waals surface area (Å²) in [5.74, 6) is 0.158. The lowest BCUT2D eigenvalue weighted by atomic mass is 10.1. The number of ether oxygens (including phenoxy) is 1. The molecule has 0 bridgehead atoms. The average molecular weight is 314 g/mol. The van der Waals surface area contributed by atoms with Crippen molar-refractivity contribution in [3.63, 3.8) is 0 Å². The fourth-order valence-corrected chi connectivity index (χ4v) is 2.43. The van der Waals surface area contributed by atoms with Gasteiger partial charge < -0.3 is 9.64 Å². The number of aryl methyl sites for hydroxylation is 1. The van der Waals surface area contributed by atoms with Crippen LogP contribution in [-0.4, -0.2) is 18.7 Å². The van der Waals surface area contributed by atoms with Crippen LogP contribution < -0.4 is 4.90 Å². The fourth-order valence-electron chi connectivity index (χ4n) is 2.43. The standard InChI is InChI=1S/C19H26N2O2/c1-3-5-8-16-9-7-10-17(14-16)21-13-12-20-18(15-21)23-19(22)11-6-4-2/h7,9-10,12,14-15H,3-6,8,11,13H2,1-2H3. The maximum Gasteiger partial charge on any atom is 0.312 e. The van der Waals surface area contributed by atoms with Gasteiger partial charge in [-0.25, -0.2) is 4.99 Å². The Morgan fingerprint density at radius 1 is 1.26 bits per heavy atom. The van der Waals surface area contributed by atoms with E-state index in [2.05, 4.69) is 48.0 Å². The number of nitrogens with zero attached hydrogens (tertiary/aromatic N) is 2. The second-order valence-corrected chi connectivity index (χ2v) is 5.78. The van der Waals surface area contributed by atoms with Crippen LogP contribution in [-0.2, 0) is 16.0 Å². The molecule has 0 saturated heterocycles. The summed E-state index contributed by atoms with van der Waals surface area (Å²) in [6.45, 7) is 4.94. The van der Waals surface area contributed by atoms with Gasteiger partial charge in [0.2, 0.25) is 5.88 Å². The SMILES string of the molecule is CCCCC(=O)OC1=CN(c2cccc(CCCC)c2)CC=N1. The van der Waals surface area contributed by atoms with E-state index in [-0.39, 0.29) is 5.97 Å². The minimum atomic E-state index is -0.214. The number of carbonyl (C=O) groups is 1. The number of benzene rings is 1. The molecule has 0 unspecified atom stereocenters. The van der Waals surface area contributed by atoms with Crippen LogP contribution in [0, 0.1) is 0 Å². The summed E-state index contributed by atoms with van der Waals surface area (Å²) in [7, 11) is 0. The Hall–Kier alpha value is -2.10. The molecule has 1 aromatic carbocycles. The summed E-state index contributed by atoms with van der Waals surface area (Å²) >= 11 is 0. The highest BCUT2D eigenvalue weighted by molar-refractivity contribution is 5.74. The van der Waals surface area contributed by atoms with Crippen molar-refractivity contribution < 1.29 is 9.53 Å². The van der Waals surface area contributed by atoms with Gasteiger partial charge in [-0.15, -0.1) is 0 Å². The van der Waals surface area contributed by atoms with Gasteiger partial charge in [0.05, 0.1) is 12.7 Å². The molecule has 23 heavy (non-hydrogen) atoms. The van der Waals surface area contributed by atoms with Gasteiger partial charge >= 0.3 is 5.97 Å². The van der Waals surface area contributed by atoms with Crippen molar-refractivity contribution in [3.8, 4) is 0 Å². The maximum atomic E-state index is 11.7. The summed E-state index contributed by atoms with van der Waals surface area (Å²) in [6, 6.07) is 8.50. The summed E-state index contributed by atoms with van der Waals surface area (Å²) < 4.78 is 5.32. The van der Waals surface area contributed by atoms with Gasteiger partial charge in [0.25, 0.3) is 0 Å². The molecular formula is C19H26N2O2. The molecule has 0 fully saturated rings. The zero-order chi connectivity index (χ0) is 16.5. The van der Waals surface area contributed by atoms with E-state index in [4.69, 9.17) is 4.74 Å². The van der Waals surface area contributed by atoms with Gasteiger partial charge in [-0.1, -0.05) is 38.8 Å². The van der Waals surface area contributed by atoms with Crippen molar-refractivity contribution in [1.82, 2.24) is 0 Å². The monoisotopic (exact) mass is 314 g/mol. The molecule has 1 heterocycles. The van der Waals surface area contributed by atoms with Crippen molar-refractivity contribution >= 4 is 17.9 Å². The summed E-state index contributed by atoms with van der Waals surface area (Å²) in [6.07, 6.45) is 9.33. The van der Waals surface area contributed by atoms with E-state index in [1.807, 2.05) is 6.20 Å². The maximum absolute atomic E-state index is 11.7. The number of aliphatic imine (C=N–C) groups is 1. The molecule has 4 nitrogen and oxygen atoms in total. The first-order chi connectivity index (χ1) is 11.2. The third kappa shape index (κ3) is 5.55. The third-order valence-electron chi connectivity index (χ3n) is 3.78. The summed E-state index contributed by atoms with van der Waals surface area (Å²) in [4.78, 5) is 18.0. The third-order valence-corrected chi connectivity index (χ3v) is 3.78. The minimum Gasteiger partial charge on any atom is -0.406 e. The number of rotatable bonds is 8. The molecule has 1 aliphatic heterocycles. The highest BCUT2D eigenvalue weighted by atomic mass is 16.5. The van der Waals surface area contributed by atoms with Gasteiger partial charge in [0.1, 0.15) is 0 Å². The number of anilines is 1. The Labute approximate surface area is 138 Å². The molecular weight excluding hydrogens is 288 g/mol. The van der Waals surface area contributed by atoms with Crippen molar-refractivity contribution in [2.45, 2.75) is 52.4 Å². The molecule has 0 saturated carbocycles. The van der Waals surface area contributed by atoms with Crippen LogP contribution in [0.25, 0.3) is 0 Å². The lowest BCUT2D eigenvalue weighted by Crippen LogP contribution is -2.23. The fraction of sp³-hybridized carbons (Fsp3) is 0.474. The van der Waals surface area contributed by atoms with Gasteiger partial charge in [0.15, 0.2) is 0 Å². The van der Waals surface area contributed by atoms with Crippen molar-refractivity contribution in [2.24, 2.45) is 4.99 Å². The second kappa shape index (κ2) is 9.13. The summed E-state index contributed by atoms with van der Waals surface area (Å²) in [5, 5.41) is 0. The normalized spacial score (nSPS) is 13.8. The predicted molar refractivity (Wildman–Crippen MR) is 94.6 cm³/mol. The molecule has 0 spiro atoms. The van der Waals surface area contributed by atoms with E-state index < -0.39 is 0 Å². The van der Waals surface area contributed by atoms with Crippen LogP contribution in [0.1, 0.15) is 51.5 Å². The van der Waals surface area contributed by atoms with Crippen LogP contribution in [0.5, 0.6) is 0 Å². The number of esters is 1. The van der Waals surface area contributed by atoms with Crippen LogP contribution in [0.15, 0.2) is 41.3 Å². The summed E-state index contributed by atoms with van der Waals surface area (Å²) in [5.41, 5.74) is 2.44. The first-order valence-corrected chi connectivity index (χ1v) is 8.53. The molecule has 4 heteroatoms. The van der Waals surface area contributed by atoms with Crippen molar-refractivity contribution in [3.05, 3.63) is 41.9 Å². The smallest absolute Gasteiger partial charge is 0.312 e. The highest BCUT2D eigenvalue weighted by Gasteiger charge is 2.13. The Morgan fingerprint density at radius 2 is 2.09 bits per heavy atom. The van der Waals surface area contributed by atoms with Gasteiger partial charge in [-0.3, -0.25) is 4.79 Å². The molecule has 2 rings (SSSR count). The van der Waals surface area contributed by atoms with Crippen LogP contribution >= 0.6 is 0 Å². The topological polar surface area (TPSA) is 41.9 Å². The average Bonchev–Trinajstić information content (AvgIpc) is 2.58. The van der Waals surface area contributed by atoms with E-state index in [0.29, 0.717) is 18.8 Å². The number of hydrogen-bond acceptors (Lipinski definition) is 4. The Bertz CT molecular complexity index is 578. The molecule has 1 aromatic rings. The zero-order valence-electron chi connectivity index (χ0n) is 14.1. The van der Waals surface area contributed by atoms with Crippen molar-refractivity contribution in [2.75, 3.05) is 11.4 Å². The van der Waals surface area contributed by atoms with Gasteiger partial charge in [0, 0.05) is 18.3 Å². The number of carbonyl (C=O) groups excluding carboxylic acids is 1. The number of unbranched alkanes of at least 4 members (excludes halogenated alkanes) is 2. The second-order valence-electron chi connectivity index (χ2n) is 5.78. The molecule has 1 aliphatic rings. The highest BCUT2D eigenvalue weighted by Crippen LogP contribution is 2.21. The van der Waals surface area contributed by atoms with E-state index in [1.54, 1.807) is 6.21 Å². The molecule has 124 valence electrons. The lowest BCUT2D eigenvalue weighted by Gasteiger charge is -2.22. The molecule has 0 amide bonds. The minimum absolute atomic E-state index is 0.214. The van der Waals surface area contributed by atoms with Gasteiger partial charge in [-0.2, -0.15) is 0 Å². The van der Waals surface area contributed by atoms with E-state index in [9.17, 15) is 4.79 Å². The largest absolute Gasteiger partial charge is 0.406 e. The molecule has 0 aromatic heterocycles. The Balaban J connectivity index is 2.02. The number of hydrogen-bond donors (Lipinski definition) is 0. The molecule has 0 atom stereocenters. The van der Waals surface area contributed by atoms with E-state index in [0.717, 1.165) is 24.9 Å². The Kier molecular flexibility index (Phi) is 6.85. The molecule has 0 aliphatic carbocycles. The predicted octanol–water partition coefficient (Wildman–Crippen LogP) is 4.45. The first-order valence-electron chi connectivity index (χ1n) is 8.53. The van der Waals surface area contributed by atoms with Crippen LogP contribution in [0.3, 0.4) is 0 Å². The zero-order valence-corrected chi connectivity index (χ0v) is 14.1. The van der Waals surface area contributed by atoms with E-state index in [1.165, 1.54) is 18.4 Å². The van der Waals surface area contributed by atoms with Gasteiger partial charge in [-0.05, 0) is 37.0 Å². The van der Waals surface area contributed by atoms with Crippen LogP contribution in [0.2, 0.25) is 0 Å². The molecule has 0 N–H and O–H groups in total. The quantitative estimate of drug-likeness (QED) is 0.666. The van der Waals surface area contributed by atoms with Crippen molar-refractivity contribution in [1.29, 1.82) is 0 Å². The van der Waals surface area contributed by atoms with E-state index >= 15 is 0 Å². The lowest BCUT2D eigenvalue weighted by molar-refractivity contribution is -0.139. The Morgan fingerprint density at radius 3 is 2.87 bits per heavy atom.